The molecule has 84 valence electrons. The summed E-state index contributed by atoms with van der Waals surface area (Å²) in [6.07, 6.45) is 7.00. The van der Waals surface area contributed by atoms with Gasteiger partial charge in [0.05, 0.1) is 6.10 Å². The number of hydrogen-bond donors (Lipinski definition) is 1. The molecule has 0 saturated heterocycles. The predicted octanol–water partition coefficient (Wildman–Crippen LogP) is 2.58. The van der Waals surface area contributed by atoms with Crippen molar-refractivity contribution >= 4 is 0 Å². The van der Waals surface area contributed by atoms with Crippen LogP contribution in [0.25, 0.3) is 0 Å². The summed E-state index contributed by atoms with van der Waals surface area (Å²) >= 11 is 0. The van der Waals surface area contributed by atoms with Gasteiger partial charge in [0, 0.05) is 13.2 Å². The van der Waals surface area contributed by atoms with Crippen molar-refractivity contribution in [3.05, 3.63) is 0 Å². The van der Waals surface area contributed by atoms with Crippen LogP contribution >= 0.6 is 0 Å². The molecule has 1 aliphatic rings. The number of nitrogens with one attached hydrogen (secondary N) is 1. The van der Waals surface area contributed by atoms with Crippen molar-refractivity contribution in [2.24, 2.45) is 5.92 Å². The van der Waals surface area contributed by atoms with E-state index in [2.05, 4.69) is 19.2 Å². The van der Waals surface area contributed by atoms with Gasteiger partial charge in [0.1, 0.15) is 0 Å². The van der Waals surface area contributed by atoms with Crippen molar-refractivity contribution in [3.63, 3.8) is 0 Å². The van der Waals surface area contributed by atoms with Crippen LogP contribution in [0.5, 0.6) is 0 Å². The first-order valence-corrected chi connectivity index (χ1v) is 6.02. The fourth-order valence-corrected chi connectivity index (χ4v) is 1.90. The molecule has 1 rings (SSSR count). The van der Waals surface area contributed by atoms with Crippen LogP contribution in [0.15, 0.2) is 0 Å². The van der Waals surface area contributed by atoms with Crippen molar-refractivity contribution in [1.29, 1.82) is 0 Å². The van der Waals surface area contributed by atoms with Crippen LogP contribution in [0.3, 0.4) is 0 Å². The average Bonchev–Trinajstić information content (AvgIpc) is 2.98. The van der Waals surface area contributed by atoms with Crippen molar-refractivity contribution in [2.45, 2.75) is 58.1 Å². The molecule has 0 aromatic rings. The average molecular weight is 199 g/mol. The van der Waals surface area contributed by atoms with E-state index in [-0.39, 0.29) is 0 Å². The summed E-state index contributed by atoms with van der Waals surface area (Å²) < 4.78 is 5.32. The molecule has 2 nitrogen and oxygen atoms in total. The zero-order chi connectivity index (χ0) is 10.4. The second kappa shape index (κ2) is 6.41. The monoisotopic (exact) mass is 199 g/mol. The predicted molar refractivity (Wildman–Crippen MR) is 60.5 cm³/mol. The standard InChI is InChI=1S/C12H25NO/c1-4-5-11(8-10(2)14-3)9-13-12-6-7-12/h10-13H,4-9H2,1-3H3. The number of rotatable bonds is 8. The Bertz CT molecular complexity index is 145. The molecule has 14 heavy (non-hydrogen) atoms. The lowest BCUT2D eigenvalue weighted by atomic mass is 9.97. The highest BCUT2D eigenvalue weighted by molar-refractivity contribution is 4.82. The van der Waals surface area contributed by atoms with Gasteiger partial charge in [0.15, 0.2) is 0 Å². The van der Waals surface area contributed by atoms with E-state index in [0.717, 1.165) is 12.0 Å². The van der Waals surface area contributed by atoms with Gasteiger partial charge in [-0.1, -0.05) is 13.3 Å². The van der Waals surface area contributed by atoms with E-state index in [9.17, 15) is 0 Å². The molecule has 2 heteroatoms. The Morgan fingerprint density at radius 3 is 2.64 bits per heavy atom. The van der Waals surface area contributed by atoms with E-state index < -0.39 is 0 Å². The van der Waals surface area contributed by atoms with Crippen LogP contribution < -0.4 is 5.32 Å². The largest absolute Gasteiger partial charge is 0.382 e. The highest BCUT2D eigenvalue weighted by Crippen LogP contribution is 2.21. The van der Waals surface area contributed by atoms with Crippen LogP contribution in [0.4, 0.5) is 0 Å². The summed E-state index contributed by atoms with van der Waals surface area (Å²) in [5, 5.41) is 3.62. The molecule has 0 spiro atoms. The summed E-state index contributed by atoms with van der Waals surface area (Å²) in [7, 11) is 1.81. The van der Waals surface area contributed by atoms with Crippen LogP contribution in [0.2, 0.25) is 0 Å². The van der Waals surface area contributed by atoms with E-state index in [1.165, 1.54) is 38.6 Å². The third-order valence-electron chi connectivity index (χ3n) is 3.04. The molecule has 1 saturated carbocycles. The fraction of sp³-hybridized carbons (Fsp3) is 1.00. The number of hydrogen-bond acceptors (Lipinski definition) is 2. The molecule has 0 bridgehead atoms. The van der Waals surface area contributed by atoms with Gasteiger partial charge in [-0.15, -0.1) is 0 Å². The minimum Gasteiger partial charge on any atom is -0.382 e. The minimum atomic E-state index is 0.410. The molecule has 1 fully saturated rings. The van der Waals surface area contributed by atoms with Crippen molar-refractivity contribution in [3.8, 4) is 0 Å². The van der Waals surface area contributed by atoms with Gasteiger partial charge < -0.3 is 10.1 Å². The molecule has 1 N–H and O–H groups in total. The summed E-state index contributed by atoms with van der Waals surface area (Å²) in [5.74, 6) is 0.801. The lowest BCUT2D eigenvalue weighted by molar-refractivity contribution is 0.0929. The van der Waals surface area contributed by atoms with E-state index in [0.29, 0.717) is 6.10 Å². The lowest BCUT2D eigenvalue weighted by Crippen LogP contribution is -2.27. The molecule has 1 aliphatic carbocycles. The molecular formula is C12H25NO. The van der Waals surface area contributed by atoms with Gasteiger partial charge in [0.2, 0.25) is 0 Å². The maximum absolute atomic E-state index is 5.32. The van der Waals surface area contributed by atoms with Crippen molar-refractivity contribution in [1.82, 2.24) is 5.32 Å². The zero-order valence-corrected chi connectivity index (χ0v) is 9.88. The first-order chi connectivity index (χ1) is 6.76. The van der Waals surface area contributed by atoms with Crippen LogP contribution in [0.1, 0.15) is 46.0 Å². The Morgan fingerprint density at radius 1 is 1.43 bits per heavy atom. The van der Waals surface area contributed by atoms with E-state index in [1.807, 2.05) is 7.11 Å². The highest BCUT2D eigenvalue weighted by atomic mass is 16.5. The van der Waals surface area contributed by atoms with Crippen LogP contribution in [0, 0.1) is 5.92 Å². The molecule has 0 radical (unpaired) electrons. The molecule has 0 amide bonds. The first-order valence-electron chi connectivity index (χ1n) is 6.02. The number of ether oxygens (including phenoxy) is 1. The summed E-state index contributed by atoms with van der Waals surface area (Å²) in [6, 6.07) is 0.840. The summed E-state index contributed by atoms with van der Waals surface area (Å²) in [4.78, 5) is 0. The first kappa shape index (κ1) is 12.0. The normalized spacial score (nSPS) is 20.8. The fourth-order valence-electron chi connectivity index (χ4n) is 1.90. The van der Waals surface area contributed by atoms with Gasteiger partial charge in [-0.3, -0.25) is 0 Å². The van der Waals surface area contributed by atoms with Crippen molar-refractivity contribution < 1.29 is 4.74 Å². The van der Waals surface area contributed by atoms with Gasteiger partial charge in [-0.25, -0.2) is 0 Å². The lowest BCUT2D eigenvalue weighted by Gasteiger charge is -2.20. The molecule has 2 unspecified atom stereocenters. The topological polar surface area (TPSA) is 21.3 Å². The molecule has 0 heterocycles. The number of methoxy groups -OCH3 is 1. The summed E-state index contributed by atoms with van der Waals surface area (Å²) in [6.45, 7) is 5.62. The van der Waals surface area contributed by atoms with Crippen LogP contribution in [-0.4, -0.2) is 25.8 Å². The Labute approximate surface area is 88.4 Å². The van der Waals surface area contributed by atoms with Gasteiger partial charge in [-0.2, -0.15) is 0 Å². The van der Waals surface area contributed by atoms with Gasteiger partial charge in [-0.05, 0) is 45.1 Å². The Hall–Kier alpha value is -0.0800. The van der Waals surface area contributed by atoms with Gasteiger partial charge >= 0.3 is 0 Å². The Balaban J connectivity index is 2.14. The third kappa shape index (κ3) is 4.97. The second-order valence-electron chi connectivity index (χ2n) is 4.62. The maximum atomic E-state index is 5.32. The molecular weight excluding hydrogens is 174 g/mol. The molecule has 0 aromatic carbocycles. The minimum absolute atomic E-state index is 0.410. The Kier molecular flexibility index (Phi) is 5.49. The quantitative estimate of drug-likeness (QED) is 0.649. The molecule has 0 aliphatic heterocycles. The van der Waals surface area contributed by atoms with Crippen LogP contribution in [-0.2, 0) is 4.74 Å². The van der Waals surface area contributed by atoms with E-state index in [4.69, 9.17) is 4.74 Å². The van der Waals surface area contributed by atoms with E-state index in [1.54, 1.807) is 0 Å². The molecule has 0 aromatic heterocycles. The highest BCUT2D eigenvalue weighted by Gasteiger charge is 2.22. The van der Waals surface area contributed by atoms with Gasteiger partial charge in [0.25, 0.3) is 0 Å². The smallest absolute Gasteiger partial charge is 0.0546 e. The molecule has 2 atom stereocenters. The summed E-state index contributed by atoms with van der Waals surface area (Å²) in [5.41, 5.74) is 0. The zero-order valence-electron chi connectivity index (χ0n) is 9.88. The Morgan fingerprint density at radius 2 is 2.14 bits per heavy atom. The maximum Gasteiger partial charge on any atom is 0.0546 e. The third-order valence-corrected chi connectivity index (χ3v) is 3.04. The van der Waals surface area contributed by atoms with Crippen molar-refractivity contribution in [2.75, 3.05) is 13.7 Å². The second-order valence-corrected chi connectivity index (χ2v) is 4.62. The SMILES string of the molecule is CCCC(CNC1CC1)CC(C)OC. The van der Waals surface area contributed by atoms with E-state index >= 15 is 0 Å².